The first-order valence-electron chi connectivity index (χ1n) is 11.1. The molecule has 1 aromatic carbocycles. The van der Waals surface area contributed by atoms with Crippen molar-refractivity contribution in [3.05, 3.63) is 36.7 Å². The second kappa shape index (κ2) is 8.19. The van der Waals surface area contributed by atoms with Gasteiger partial charge in [-0.05, 0) is 56.4 Å². The van der Waals surface area contributed by atoms with E-state index in [9.17, 15) is 4.79 Å². The molecule has 6 nitrogen and oxygen atoms in total. The lowest BCUT2D eigenvalue weighted by atomic mass is 10.0. The van der Waals surface area contributed by atoms with Crippen molar-refractivity contribution in [2.75, 3.05) is 24.5 Å². The van der Waals surface area contributed by atoms with E-state index < -0.39 is 0 Å². The van der Waals surface area contributed by atoms with Crippen LogP contribution in [0.15, 0.2) is 36.7 Å². The number of aromatic nitrogens is 2. The van der Waals surface area contributed by atoms with E-state index in [-0.39, 0.29) is 5.91 Å². The zero-order valence-electron chi connectivity index (χ0n) is 17.0. The van der Waals surface area contributed by atoms with E-state index in [1.165, 1.54) is 38.8 Å². The lowest BCUT2D eigenvalue weighted by molar-refractivity contribution is -0.117. The van der Waals surface area contributed by atoms with Crippen molar-refractivity contribution in [2.24, 2.45) is 0 Å². The molecule has 2 aliphatic heterocycles. The van der Waals surface area contributed by atoms with Crippen molar-refractivity contribution in [3.63, 3.8) is 0 Å². The number of carbonyl (C=O) groups excluding carboxylic acids is 1. The number of anilines is 1. The van der Waals surface area contributed by atoms with E-state index in [0.29, 0.717) is 12.5 Å². The SMILES string of the molecule is O=C1CCCN1c1cnn(-c2ccc(OC3CCN(C4CCCC4)CC3)cc2)c1. The Morgan fingerprint density at radius 1 is 0.897 bits per heavy atom. The number of piperidine rings is 1. The fourth-order valence-electron chi connectivity index (χ4n) is 5.01. The van der Waals surface area contributed by atoms with E-state index in [2.05, 4.69) is 10.00 Å². The highest BCUT2D eigenvalue weighted by molar-refractivity contribution is 5.95. The predicted octanol–water partition coefficient (Wildman–Crippen LogP) is 3.78. The number of hydrogen-bond acceptors (Lipinski definition) is 4. The summed E-state index contributed by atoms with van der Waals surface area (Å²) in [5.41, 5.74) is 1.85. The molecule has 1 aliphatic carbocycles. The Kier molecular flexibility index (Phi) is 5.27. The molecule has 0 bridgehead atoms. The van der Waals surface area contributed by atoms with Gasteiger partial charge in [0.05, 0.1) is 23.8 Å². The lowest BCUT2D eigenvalue weighted by Gasteiger charge is -2.36. The Hall–Kier alpha value is -2.34. The van der Waals surface area contributed by atoms with Gasteiger partial charge in [0.25, 0.3) is 0 Å². The third-order valence-electron chi connectivity index (χ3n) is 6.68. The van der Waals surface area contributed by atoms with Gasteiger partial charge in [-0.25, -0.2) is 4.68 Å². The van der Waals surface area contributed by atoms with Crippen LogP contribution >= 0.6 is 0 Å². The maximum Gasteiger partial charge on any atom is 0.227 e. The van der Waals surface area contributed by atoms with Crippen molar-refractivity contribution in [2.45, 2.75) is 63.5 Å². The Labute approximate surface area is 172 Å². The summed E-state index contributed by atoms with van der Waals surface area (Å²) in [7, 11) is 0. The number of hydrogen-bond donors (Lipinski definition) is 0. The number of benzene rings is 1. The Balaban J connectivity index is 1.17. The molecule has 0 atom stereocenters. The highest BCUT2D eigenvalue weighted by Crippen LogP contribution is 2.28. The van der Waals surface area contributed by atoms with Crippen LogP contribution < -0.4 is 9.64 Å². The van der Waals surface area contributed by atoms with Crippen LogP contribution in [0.4, 0.5) is 5.69 Å². The van der Waals surface area contributed by atoms with E-state index >= 15 is 0 Å². The summed E-state index contributed by atoms with van der Waals surface area (Å²) in [6.07, 6.45) is 13.4. The van der Waals surface area contributed by atoms with E-state index in [1.807, 2.05) is 40.0 Å². The minimum Gasteiger partial charge on any atom is -0.490 e. The number of likely N-dealkylation sites (tertiary alicyclic amines) is 1. The molecule has 6 heteroatoms. The lowest BCUT2D eigenvalue weighted by Crippen LogP contribution is -2.43. The predicted molar refractivity (Wildman–Crippen MR) is 113 cm³/mol. The summed E-state index contributed by atoms with van der Waals surface area (Å²) in [6.45, 7) is 3.12. The number of amides is 1. The summed E-state index contributed by atoms with van der Waals surface area (Å²) in [5, 5.41) is 4.43. The average Bonchev–Trinajstić information content (AvgIpc) is 3.51. The molecular weight excluding hydrogens is 364 g/mol. The fourth-order valence-corrected chi connectivity index (χ4v) is 5.01. The van der Waals surface area contributed by atoms with Gasteiger partial charge in [-0.2, -0.15) is 5.10 Å². The van der Waals surface area contributed by atoms with Gasteiger partial charge in [0, 0.05) is 32.1 Å². The van der Waals surface area contributed by atoms with Crippen LogP contribution in [-0.4, -0.2) is 52.4 Å². The third kappa shape index (κ3) is 4.04. The van der Waals surface area contributed by atoms with Crippen molar-refractivity contribution in [1.29, 1.82) is 0 Å². The molecule has 1 saturated carbocycles. The highest BCUT2D eigenvalue weighted by Gasteiger charge is 2.28. The molecule has 3 fully saturated rings. The summed E-state index contributed by atoms with van der Waals surface area (Å²) in [5.74, 6) is 1.11. The summed E-state index contributed by atoms with van der Waals surface area (Å²) >= 11 is 0. The topological polar surface area (TPSA) is 50.6 Å². The fraction of sp³-hybridized carbons (Fsp3) is 0.565. The first-order valence-corrected chi connectivity index (χ1v) is 11.1. The van der Waals surface area contributed by atoms with E-state index in [4.69, 9.17) is 4.74 Å². The first kappa shape index (κ1) is 18.7. The van der Waals surface area contributed by atoms with Gasteiger partial charge in [0.15, 0.2) is 0 Å². The van der Waals surface area contributed by atoms with Crippen LogP contribution in [0.3, 0.4) is 0 Å². The standard InChI is InChI=1S/C23H30N4O2/c28-23-6-3-13-26(23)20-16-24-27(17-20)19-7-9-21(10-8-19)29-22-11-14-25(15-12-22)18-4-1-2-5-18/h7-10,16-18,22H,1-6,11-15H2. The Morgan fingerprint density at radius 3 is 2.34 bits per heavy atom. The van der Waals surface area contributed by atoms with Crippen LogP contribution in [0, 0.1) is 0 Å². The summed E-state index contributed by atoms with van der Waals surface area (Å²) in [6, 6.07) is 8.95. The van der Waals surface area contributed by atoms with Gasteiger partial charge < -0.3 is 14.5 Å². The molecule has 0 N–H and O–H groups in total. The summed E-state index contributed by atoms with van der Waals surface area (Å²) < 4.78 is 8.07. The maximum atomic E-state index is 11.9. The quantitative estimate of drug-likeness (QED) is 0.774. The van der Waals surface area contributed by atoms with Gasteiger partial charge in [0.2, 0.25) is 5.91 Å². The highest BCUT2D eigenvalue weighted by atomic mass is 16.5. The van der Waals surface area contributed by atoms with Crippen molar-refractivity contribution < 1.29 is 9.53 Å². The Morgan fingerprint density at radius 2 is 1.66 bits per heavy atom. The van der Waals surface area contributed by atoms with Crippen LogP contribution in [0.2, 0.25) is 0 Å². The largest absolute Gasteiger partial charge is 0.490 e. The molecule has 29 heavy (non-hydrogen) atoms. The van der Waals surface area contributed by atoms with E-state index in [1.54, 1.807) is 6.20 Å². The monoisotopic (exact) mass is 394 g/mol. The average molecular weight is 395 g/mol. The minimum atomic E-state index is 0.187. The smallest absolute Gasteiger partial charge is 0.227 e. The third-order valence-corrected chi connectivity index (χ3v) is 6.68. The molecule has 0 radical (unpaired) electrons. The van der Waals surface area contributed by atoms with Crippen molar-refractivity contribution in [1.82, 2.24) is 14.7 Å². The van der Waals surface area contributed by atoms with Crippen molar-refractivity contribution in [3.8, 4) is 11.4 Å². The molecule has 0 unspecified atom stereocenters. The molecule has 1 amide bonds. The van der Waals surface area contributed by atoms with Gasteiger partial charge in [-0.1, -0.05) is 12.8 Å². The summed E-state index contributed by atoms with van der Waals surface area (Å²) in [4.78, 5) is 16.4. The van der Waals surface area contributed by atoms with Crippen LogP contribution in [0.5, 0.6) is 5.75 Å². The molecular formula is C23H30N4O2. The normalized spacial score (nSPS) is 21.9. The molecule has 5 rings (SSSR count). The minimum absolute atomic E-state index is 0.187. The molecule has 2 saturated heterocycles. The molecule has 2 aromatic rings. The zero-order valence-corrected chi connectivity index (χ0v) is 17.0. The van der Waals surface area contributed by atoms with Crippen LogP contribution in [0.25, 0.3) is 5.69 Å². The Bertz CT molecular complexity index is 833. The molecule has 3 heterocycles. The van der Waals surface area contributed by atoms with Gasteiger partial charge in [-0.15, -0.1) is 0 Å². The number of rotatable bonds is 5. The molecule has 1 aromatic heterocycles. The van der Waals surface area contributed by atoms with Crippen molar-refractivity contribution >= 4 is 11.6 Å². The molecule has 3 aliphatic rings. The maximum absolute atomic E-state index is 11.9. The van der Waals surface area contributed by atoms with Crippen LogP contribution in [0.1, 0.15) is 51.4 Å². The number of nitrogens with zero attached hydrogens (tertiary/aromatic N) is 4. The number of ether oxygens (including phenoxy) is 1. The van der Waals surface area contributed by atoms with E-state index in [0.717, 1.165) is 49.0 Å². The van der Waals surface area contributed by atoms with Crippen LogP contribution in [-0.2, 0) is 4.79 Å². The second-order valence-corrected chi connectivity index (χ2v) is 8.58. The van der Waals surface area contributed by atoms with Gasteiger partial charge in [0.1, 0.15) is 11.9 Å². The van der Waals surface area contributed by atoms with Gasteiger partial charge >= 0.3 is 0 Å². The first-order chi connectivity index (χ1) is 14.3. The number of carbonyl (C=O) groups is 1. The second-order valence-electron chi connectivity index (χ2n) is 8.58. The molecule has 154 valence electrons. The van der Waals surface area contributed by atoms with Gasteiger partial charge in [-0.3, -0.25) is 4.79 Å². The molecule has 0 spiro atoms. The zero-order chi connectivity index (χ0) is 19.6.